The number of benzene rings is 2. The fourth-order valence-electron chi connectivity index (χ4n) is 7.29. The first kappa shape index (κ1) is 31.6. The SMILES string of the molecule is COC(=O)c1ccc(N2CCN(CC3=C(c4ccc(Cl)cc4)CC(C)(C)CC3)CC2)cc1N1CCCCOc2nc3[nH]ccc3cc21. The van der Waals surface area contributed by atoms with Crippen LogP contribution in [0.25, 0.3) is 16.6 Å². The highest BCUT2D eigenvalue weighted by Crippen LogP contribution is 2.44. The Hall–Kier alpha value is -4.01. The fraction of sp³-hybridized carbons (Fsp3) is 0.421. The van der Waals surface area contributed by atoms with Crippen molar-refractivity contribution in [1.29, 1.82) is 0 Å². The Bertz CT molecular complexity index is 1790. The lowest BCUT2D eigenvalue weighted by atomic mass is 9.72. The molecule has 0 saturated carbocycles. The lowest BCUT2D eigenvalue weighted by molar-refractivity contribution is 0.0601. The summed E-state index contributed by atoms with van der Waals surface area (Å²) in [4.78, 5) is 28.3. The maximum absolute atomic E-state index is 13.1. The van der Waals surface area contributed by atoms with E-state index in [2.05, 4.69) is 63.9 Å². The van der Waals surface area contributed by atoms with E-state index < -0.39 is 0 Å². The van der Waals surface area contributed by atoms with E-state index in [9.17, 15) is 4.79 Å². The fourth-order valence-corrected chi connectivity index (χ4v) is 7.41. The molecule has 246 valence electrons. The van der Waals surface area contributed by atoms with E-state index in [0.29, 0.717) is 23.5 Å². The summed E-state index contributed by atoms with van der Waals surface area (Å²) in [5.74, 6) is 0.227. The van der Waals surface area contributed by atoms with Crippen LogP contribution in [0.3, 0.4) is 0 Å². The molecule has 0 radical (unpaired) electrons. The second-order valence-electron chi connectivity index (χ2n) is 13.8. The van der Waals surface area contributed by atoms with Crippen LogP contribution in [0.15, 0.2) is 66.4 Å². The minimum absolute atomic E-state index is 0.300. The number of halogens is 1. The Kier molecular flexibility index (Phi) is 8.90. The summed E-state index contributed by atoms with van der Waals surface area (Å²) in [5, 5.41) is 1.78. The molecule has 2 aliphatic heterocycles. The van der Waals surface area contributed by atoms with Crippen molar-refractivity contribution in [2.45, 2.75) is 46.0 Å². The number of hydrogen-bond donors (Lipinski definition) is 1. The Morgan fingerprint density at radius 1 is 1.00 bits per heavy atom. The first-order chi connectivity index (χ1) is 22.8. The van der Waals surface area contributed by atoms with Gasteiger partial charge in [0, 0.05) is 61.6 Å². The molecule has 47 heavy (non-hydrogen) atoms. The number of aromatic amines is 1. The molecule has 8 nitrogen and oxygen atoms in total. The van der Waals surface area contributed by atoms with E-state index in [1.54, 1.807) is 5.57 Å². The largest absolute Gasteiger partial charge is 0.476 e. The van der Waals surface area contributed by atoms with Gasteiger partial charge in [-0.15, -0.1) is 0 Å². The normalized spacial score (nSPS) is 18.8. The number of pyridine rings is 1. The van der Waals surface area contributed by atoms with Gasteiger partial charge < -0.3 is 24.3 Å². The number of H-pyrrole nitrogens is 1. The molecule has 1 saturated heterocycles. The Labute approximate surface area is 282 Å². The molecule has 7 rings (SSSR count). The molecule has 1 aliphatic carbocycles. The molecular weight excluding hydrogens is 610 g/mol. The predicted molar refractivity (Wildman–Crippen MR) is 190 cm³/mol. The van der Waals surface area contributed by atoms with Gasteiger partial charge in [-0.25, -0.2) is 4.79 Å². The smallest absolute Gasteiger partial charge is 0.339 e. The highest BCUT2D eigenvalue weighted by molar-refractivity contribution is 6.30. The van der Waals surface area contributed by atoms with E-state index in [1.165, 1.54) is 24.7 Å². The number of aromatic nitrogens is 2. The van der Waals surface area contributed by atoms with Crippen LogP contribution in [-0.2, 0) is 4.74 Å². The number of ether oxygens (including phenoxy) is 2. The molecule has 0 unspecified atom stereocenters. The number of piperazine rings is 1. The van der Waals surface area contributed by atoms with Gasteiger partial charge in [-0.05, 0) is 91.1 Å². The van der Waals surface area contributed by atoms with Crippen molar-refractivity contribution < 1.29 is 14.3 Å². The second-order valence-corrected chi connectivity index (χ2v) is 14.3. The van der Waals surface area contributed by atoms with E-state index in [4.69, 9.17) is 26.1 Å². The summed E-state index contributed by atoms with van der Waals surface area (Å²) >= 11 is 6.24. The number of anilines is 3. The molecule has 3 aliphatic rings. The van der Waals surface area contributed by atoms with Crippen molar-refractivity contribution in [1.82, 2.24) is 14.9 Å². The highest BCUT2D eigenvalue weighted by atomic mass is 35.5. The van der Waals surface area contributed by atoms with Crippen molar-refractivity contribution in [2.24, 2.45) is 5.41 Å². The Morgan fingerprint density at radius 2 is 1.81 bits per heavy atom. The second kappa shape index (κ2) is 13.2. The average molecular weight is 654 g/mol. The van der Waals surface area contributed by atoms with Crippen molar-refractivity contribution in [3.05, 3.63) is 82.5 Å². The van der Waals surface area contributed by atoms with Gasteiger partial charge in [-0.3, -0.25) is 4.90 Å². The summed E-state index contributed by atoms with van der Waals surface area (Å²) in [6, 6.07) is 18.6. The van der Waals surface area contributed by atoms with Crippen molar-refractivity contribution in [3.63, 3.8) is 0 Å². The van der Waals surface area contributed by atoms with Gasteiger partial charge in [0.25, 0.3) is 0 Å². The molecule has 1 N–H and O–H groups in total. The number of nitrogens with one attached hydrogen (secondary N) is 1. The number of carbonyl (C=O) groups is 1. The van der Waals surface area contributed by atoms with Crippen LogP contribution < -0.4 is 14.5 Å². The molecule has 2 aromatic carbocycles. The van der Waals surface area contributed by atoms with Gasteiger partial charge in [-0.2, -0.15) is 4.98 Å². The van der Waals surface area contributed by atoms with E-state index >= 15 is 0 Å². The number of methoxy groups -OCH3 is 1. The first-order valence-electron chi connectivity index (χ1n) is 16.8. The molecule has 0 bridgehead atoms. The Balaban J connectivity index is 1.14. The quantitative estimate of drug-likeness (QED) is 0.211. The summed E-state index contributed by atoms with van der Waals surface area (Å²) < 4.78 is 11.4. The van der Waals surface area contributed by atoms with Crippen molar-refractivity contribution >= 4 is 51.2 Å². The van der Waals surface area contributed by atoms with E-state index in [0.717, 1.165) is 98.1 Å². The van der Waals surface area contributed by atoms with Crippen LogP contribution >= 0.6 is 11.6 Å². The zero-order valence-corrected chi connectivity index (χ0v) is 28.4. The van der Waals surface area contributed by atoms with Gasteiger partial charge in [-0.1, -0.05) is 43.2 Å². The minimum atomic E-state index is -0.350. The molecule has 1 fully saturated rings. The molecule has 4 heterocycles. The number of hydrogen-bond acceptors (Lipinski definition) is 7. The maximum atomic E-state index is 13.1. The Morgan fingerprint density at radius 3 is 2.60 bits per heavy atom. The molecule has 4 aromatic rings. The van der Waals surface area contributed by atoms with Gasteiger partial charge >= 0.3 is 5.97 Å². The van der Waals surface area contributed by atoms with E-state index in [-0.39, 0.29) is 5.97 Å². The van der Waals surface area contributed by atoms with Gasteiger partial charge in [0.15, 0.2) is 0 Å². The number of esters is 1. The van der Waals surface area contributed by atoms with Gasteiger partial charge in [0.05, 0.1) is 25.0 Å². The number of rotatable bonds is 6. The minimum Gasteiger partial charge on any atom is -0.476 e. The highest BCUT2D eigenvalue weighted by Gasteiger charge is 2.30. The monoisotopic (exact) mass is 653 g/mol. The van der Waals surface area contributed by atoms with Crippen LogP contribution in [0, 0.1) is 5.41 Å². The van der Waals surface area contributed by atoms with Crippen molar-refractivity contribution in [2.75, 3.05) is 62.8 Å². The van der Waals surface area contributed by atoms with Crippen LogP contribution in [0.1, 0.15) is 61.9 Å². The summed E-state index contributed by atoms with van der Waals surface area (Å²) in [7, 11) is 1.44. The lowest BCUT2D eigenvalue weighted by Crippen LogP contribution is -2.47. The topological polar surface area (TPSA) is 73.9 Å². The summed E-state index contributed by atoms with van der Waals surface area (Å²) in [6.07, 6.45) is 7.16. The maximum Gasteiger partial charge on any atom is 0.339 e. The predicted octanol–water partition coefficient (Wildman–Crippen LogP) is 8.10. The molecule has 0 amide bonds. The van der Waals surface area contributed by atoms with Crippen LogP contribution in [0.2, 0.25) is 5.02 Å². The van der Waals surface area contributed by atoms with Crippen LogP contribution in [0.5, 0.6) is 5.88 Å². The third-order valence-electron chi connectivity index (χ3n) is 9.99. The molecule has 0 atom stereocenters. The first-order valence-corrected chi connectivity index (χ1v) is 17.2. The van der Waals surface area contributed by atoms with Crippen LogP contribution in [0.4, 0.5) is 17.1 Å². The van der Waals surface area contributed by atoms with E-state index in [1.807, 2.05) is 30.5 Å². The third-order valence-corrected chi connectivity index (χ3v) is 10.2. The van der Waals surface area contributed by atoms with Gasteiger partial charge in [0.1, 0.15) is 11.3 Å². The number of nitrogens with zero attached hydrogens (tertiary/aromatic N) is 4. The summed E-state index contributed by atoms with van der Waals surface area (Å²) in [5.41, 5.74) is 8.78. The lowest BCUT2D eigenvalue weighted by Gasteiger charge is -2.39. The van der Waals surface area contributed by atoms with Crippen molar-refractivity contribution in [3.8, 4) is 5.88 Å². The zero-order chi connectivity index (χ0) is 32.5. The molecular formula is C38H44ClN5O3. The number of allylic oxidation sites excluding steroid dienone is 1. The zero-order valence-electron chi connectivity index (χ0n) is 27.7. The number of fused-ring (bicyclic) bond motifs is 2. The molecule has 2 aromatic heterocycles. The molecule has 0 spiro atoms. The average Bonchev–Trinajstić information content (AvgIpc) is 3.53. The number of carbonyl (C=O) groups excluding carboxylic acids is 1. The third kappa shape index (κ3) is 6.72. The summed E-state index contributed by atoms with van der Waals surface area (Å²) in [6.45, 7) is 10.9. The van der Waals surface area contributed by atoms with Crippen LogP contribution in [-0.4, -0.2) is 73.8 Å². The standard InChI is InChI=1S/C38H44ClN5O3/c1-38(2)14-12-28(32(24-38)26-6-8-29(39)9-7-26)25-42-17-19-43(20-18-42)30-10-11-31(37(45)46-3)33(23-30)44-16-4-5-21-47-36-34(44)22-27-13-15-40-35(27)41-36/h6-11,13,15,22-23H,4-5,12,14,16-21,24-25H2,1-3H3,(H,40,41). The molecule has 9 heteroatoms. The van der Waals surface area contributed by atoms with Gasteiger partial charge in [0.2, 0.25) is 5.88 Å².